The molecular weight excluding hydrogens is 384 g/mol. The van der Waals surface area contributed by atoms with Crippen molar-refractivity contribution in [3.05, 3.63) is 50.9 Å². The summed E-state index contributed by atoms with van der Waals surface area (Å²) in [5, 5.41) is 19.2. The van der Waals surface area contributed by atoms with Crippen molar-refractivity contribution in [3.8, 4) is 34.8 Å². The van der Waals surface area contributed by atoms with Gasteiger partial charge in [0.05, 0.1) is 20.1 Å². The molecule has 0 saturated carbocycles. The standard InChI is InChI=1S/C19H16N2O8/c1-24-14-9(4-12-16(18(14)25-2)27-7-26-12)13-10(5-20)19(21)29-15-11(23)3-8(6-22)28-17(13)15/h3-4,13,22H,6-7,21H2,1-2H3. The van der Waals surface area contributed by atoms with E-state index in [1.165, 1.54) is 14.2 Å². The topological polar surface area (TPSA) is 146 Å². The number of ether oxygens (including phenoxy) is 5. The third kappa shape index (κ3) is 2.71. The molecule has 0 spiro atoms. The average molecular weight is 400 g/mol. The van der Waals surface area contributed by atoms with Crippen LogP contribution in [0.5, 0.6) is 28.7 Å². The van der Waals surface area contributed by atoms with Crippen molar-refractivity contribution in [2.75, 3.05) is 21.0 Å². The van der Waals surface area contributed by atoms with E-state index in [4.69, 9.17) is 33.8 Å². The second kappa shape index (κ2) is 6.96. The highest BCUT2D eigenvalue weighted by Gasteiger charge is 2.39. The van der Waals surface area contributed by atoms with E-state index in [1.54, 1.807) is 6.07 Å². The van der Waals surface area contributed by atoms with E-state index in [2.05, 4.69) is 0 Å². The van der Waals surface area contributed by atoms with Crippen molar-refractivity contribution < 1.29 is 33.2 Å². The maximum absolute atomic E-state index is 12.5. The number of methoxy groups -OCH3 is 2. The van der Waals surface area contributed by atoms with Gasteiger partial charge in [-0.3, -0.25) is 4.79 Å². The summed E-state index contributed by atoms with van der Waals surface area (Å²) in [5.74, 6) is -0.174. The first-order chi connectivity index (χ1) is 14.0. The molecular formula is C19H16N2O8. The molecule has 0 fully saturated rings. The second-order valence-electron chi connectivity index (χ2n) is 6.12. The summed E-state index contributed by atoms with van der Waals surface area (Å²) in [6, 6.07) is 4.69. The van der Waals surface area contributed by atoms with Crippen LogP contribution in [-0.4, -0.2) is 26.1 Å². The third-order valence-electron chi connectivity index (χ3n) is 4.61. The largest absolute Gasteiger partial charge is 0.492 e. The van der Waals surface area contributed by atoms with Crippen LogP contribution in [0.4, 0.5) is 0 Å². The summed E-state index contributed by atoms with van der Waals surface area (Å²) in [6.45, 7) is -0.534. The van der Waals surface area contributed by atoms with E-state index in [1.807, 2.05) is 6.07 Å². The van der Waals surface area contributed by atoms with E-state index in [9.17, 15) is 15.2 Å². The lowest BCUT2D eigenvalue weighted by Crippen LogP contribution is -2.25. The van der Waals surface area contributed by atoms with E-state index >= 15 is 0 Å². The first-order valence-corrected chi connectivity index (χ1v) is 8.43. The zero-order valence-electron chi connectivity index (χ0n) is 15.5. The van der Waals surface area contributed by atoms with Gasteiger partial charge >= 0.3 is 0 Å². The fraction of sp³-hybridized carbons (Fsp3) is 0.263. The lowest BCUT2D eigenvalue weighted by Gasteiger charge is -2.26. The van der Waals surface area contributed by atoms with Crippen LogP contribution >= 0.6 is 0 Å². The quantitative estimate of drug-likeness (QED) is 0.764. The summed E-state index contributed by atoms with van der Waals surface area (Å²) < 4.78 is 32.9. The Labute approximate surface area is 164 Å². The molecule has 150 valence electrons. The van der Waals surface area contributed by atoms with E-state index in [0.29, 0.717) is 17.1 Å². The highest BCUT2D eigenvalue weighted by atomic mass is 16.7. The van der Waals surface area contributed by atoms with Crippen LogP contribution in [-0.2, 0) is 6.61 Å². The number of aliphatic hydroxyl groups excluding tert-OH is 1. The van der Waals surface area contributed by atoms with Crippen molar-refractivity contribution in [1.29, 1.82) is 5.26 Å². The first kappa shape index (κ1) is 18.5. The number of aliphatic hydroxyl groups is 1. The molecule has 0 radical (unpaired) electrons. The third-order valence-corrected chi connectivity index (χ3v) is 4.61. The number of hydrogen-bond donors (Lipinski definition) is 2. The molecule has 1 aromatic carbocycles. The second-order valence-corrected chi connectivity index (χ2v) is 6.12. The van der Waals surface area contributed by atoms with Gasteiger partial charge in [0, 0.05) is 11.6 Å². The lowest BCUT2D eigenvalue weighted by atomic mass is 9.86. The maximum Gasteiger partial charge on any atom is 0.231 e. The van der Waals surface area contributed by atoms with Gasteiger partial charge in [0.1, 0.15) is 24.0 Å². The molecule has 1 aromatic heterocycles. The Morgan fingerprint density at radius 2 is 2.00 bits per heavy atom. The van der Waals surface area contributed by atoms with E-state index in [-0.39, 0.29) is 47.0 Å². The molecule has 10 nitrogen and oxygen atoms in total. The first-order valence-electron chi connectivity index (χ1n) is 8.43. The SMILES string of the molecule is COc1c(C2C(C#N)=C(N)Oc3c2oc(CO)cc3=O)cc2c(c1OC)OCO2. The van der Waals surface area contributed by atoms with Crippen LogP contribution in [0.25, 0.3) is 0 Å². The average Bonchev–Trinajstić information content (AvgIpc) is 3.20. The normalized spacial score (nSPS) is 16.7. The maximum atomic E-state index is 12.5. The van der Waals surface area contributed by atoms with Crippen LogP contribution in [0, 0.1) is 11.3 Å². The number of nitriles is 1. The van der Waals surface area contributed by atoms with Crippen molar-refractivity contribution >= 4 is 0 Å². The van der Waals surface area contributed by atoms with E-state index in [0.717, 1.165) is 6.07 Å². The molecule has 2 aliphatic heterocycles. The molecule has 1 unspecified atom stereocenters. The smallest absolute Gasteiger partial charge is 0.231 e. The van der Waals surface area contributed by atoms with Gasteiger partial charge in [-0.05, 0) is 6.07 Å². The van der Waals surface area contributed by atoms with Gasteiger partial charge in [-0.2, -0.15) is 5.26 Å². The number of nitrogens with zero attached hydrogens (tertiary/aromatic N) is 1. The predicted octanol–water partition coefficient (Wildman–Crippen LogP) is 1.10. The van der Waals surface area contributed by atoms with Crippen molar-refractivity contribution in [2.24, 2.45) is 5.73 Å². The van der Waals surface area contributed by atoms with Crippen LogP contribution in [0.15, 0.2) is 32.8 Å². The summed E-state index contributed by atoms with van der Waals surface area (Å²) >= 11 is 0. The molecule has 29 heavy (non-hydrogen) atoms. The molecule has 0 bridgehead atoms. The van der Waals surface area contributed by atoms with Crippen molar-refractivity contribution in [3.63, 3.8) is 0 Å². The van der Waals surface area contributed by atoms with Crippen LogP contribution in [0.2, 0.25) is 0 Å². The fourth-order valence-electron chi connectivity index (χ4n) is 3.40. The molecule has 2 aliphatic rings. The van der Waals surface area contributed by atoms with Gasteiger partial charge in [-0.15, -0.1) is 0 Å². The molecule has 2 aromatic rings. The monoisotopic (exact) mass is 400 g/mol. The van der Waals surface area contributed by atoms with Gasteiger partial charge in [-0.25, -0.2) is 0 Å². The molecule has 0 saturated heterocycles. The number of fused-ring (bicyclic) bond motifs is 2. The summed E-state index contributed by atoms with van der Waals surface area (Å²) in [5.41, 5.74) is 5.75. The van der Waals surface area contributed by atoms with Gasteiger partial charge in [0.2, 0.25) is 35.4 Å². The molecule has 1 atom stereocenters. The molecule has 4 rings (SSSR count). The van der Waals surface area contributed by atoms with E-state index < -0.39 is 18.0 Å². The summed E-state index contributed by atoms with van der Waals surface area (Å²) in [6.07, 6.45) is 0. The van der Waals surface area contributed by atoms with Crippen molar-refractivity contribution in [1.82, 2.24) is 0 Å². The number of hydrogen-bond acceptors (Lipinski definition) is 10. The van der Waals surface area contributed by atoms with Crippen LogP contribution < -0.4 is 34.8 Å². The summed E-state index contributed by atoms with van der Waals surface area (Å²) in [4.78, 5) is 12.5. The highest BCUT2D eigenvalue weighted by molar-refractivity contribution is 5.68. The Balaban J connectivity index is 2.06. The van der Waals surface area contributed by atoms with Gasteiger partial charge in [-0.1, -0.05) is 0 Å². The Morgan fingerprint density at radius 1 is 1.24 bits per heavy atom. The van der Waals surface area contributed by atoms with Crippen LogP contribution in [0.3, 0.4) is 0 Å². The number of benzene rings is 1. The van der Waals surface area contributed by atoms with Gasteiger partial charge in [0.25, 0.3) is 0 Å². The van der Waals surface area contributed by atoms with Gasteiger partial charge in [0.15, 0.2) is 17.3 Å². The zero-order valence-corrected chi connectivity index (χ0v) is 15.5. The molecule has 3 heterocycles. The molecule has 0 amide bonds. The minimum Gasteiger partial charge on any atom is -0.492 e. The van der Waals surface area contributed by atoms with Crippen LogP contribution in [0.1, 0.15) is 23.0 Å². The summed E-state index contributed by atoms with van der Waals surface area (Å²) in [7, 11) is 2.85. The molecule has 10 heteroatoms. The highest BCUT2D eigenvalue weighted by Crippen LogP contribution is 2.54. The Bertz CT molecular complexity index is 1130. The minimum atomic E-state index is -0.971. The zero-order chi connectivity index (χ0) is 20.7. The lowest BCUT2D eigenvalue weighted by molar-refractivity contribution is 0.170. The Kier molecular flexibility index (Phi) is 4.44. The number of rotatable bonds is 4. The van der Waals surface area contributed by atoms with Crippen molar-refractivity contribution in [2.45, 2.75) is 12.5 Å². The Morgan fingerprint density at radius 3 is 2.66 bits per heavy atom. The molecule has 3 N–H and O–H groups in total. The predicted molar refractivity (Wildman–Crippen MR) is 95.9 cm³/mol. The molecule has 0 aliphatic carbocycles. The number of nitrogens with two attached hydrogens (primary N) is 1. The fourth-order valence-corrected chi connectivity index (χ4v) is 3.40. The Hall–Kier alpha value is -3.84. The van der Waals surface area contributed by atoms with Gasteiger partial charge < -0.3 is 38.9 Å². The minimum absolute atomic E-state index is 0.00467. The number of allylic oxidation sites excluding steroid dienone is 1.